The molecule has 3 heterocycles. The molecule has 0 spiro atoms. The van der Waals surface area contributed by atoms with Gasteiger partial charge in [0.15, 0.2) is 0 Å². The number of hydrogen-bond donors (Lipinski definition) is 2. The first-order chi connectivity index (χ1) is 15.8. The molecular weight excluding hydrogens is 404 g/mol. The normalized spacial score (nSPS) is 28.8. The fourth-order valence-electron chi connectivity index (χ4n) is 5.44. The van der Waals surface area contributed by atoms with Crippen LogP contribution in [0, 0.1) is 0 Å². The predicted octanol–water partition coefficient (Wildman–Crippen LogP) is 3.81. The van der Waals surface area contributed by atoms with Crippen LogP contribution in [0.3, 0.4) is 0 Å². The van der Waals surface area contributed by atoms with E-state index in [1.807, 2.05) is 17.2 Å². The van der Waals surface area contributed by atoms with E-state index in [9.17, 15) is 4.79 Å². The van der Waals surface area contributed by atoms with Gasteiger partial charge in [0.2, 0.25) is 0 Å². The third-order valence-electron chi connectivity index (χ3n) is 7.36. The number of urea groups is 1. The van der Waals surface area contributed by atoms with Crippen molar-refractivity contribution < 1.29 is 14.3 Å². The van der Waals surface area contributed by atoms with E-state index in [4.69, 9.17) is 9.47 Å². The number of hydrogen-bond acceptors (Lipinski definition) is 4. The second-order valence-electron chi connectivity index (χ2n) is 9.41. The van der Waals surface area contributed by atoms with E-state index in [0.29, 0.717) is 25.7 Å². The number of carbonyl (C=O) groups is 1. The van der Waals surface area contributed by atoms with Crippen LogP contribution in [-0.2, 0) is 9.47 Å². The van der Waals surface area contributed by atoms with Gasteiger partial charge in [-0.05, 0) is 56.1 Å². The molecule has 1 saturated carbocycles. The Hall–Kier alpha value is -2.38. The lowest BCUT2D eigenvalue weighted by Crippen LogP contribution is -2.58. The molecule has 7 nitrogen and oxygen atoms in total. The van der Waals surface area contributed by atoms with Crippen LogP contribution in [0.25, 0.3) is 0 Å². The first kappa shape index (κ1) is 21.5. The molecular formula is C25H34N4O3. The number of likely N-dealkylation sites (tertiary alicyclic amines) is 1. The van der Waals surface area contributed by atoms with Gasteiger partial charge >= 0.3 is 6.03 Å². The average molecular weight is 439 g/mol. The van der Waals surface area contributed by atoms with Crippen molar-refractivity contribution in [3.8, 4) is 0 Å². The fourth-order valence-corrected chi connectivity index (χ4v) is 5.44. The van der Waals surface area contributed by atoms with E-state index in [1.165, 1.54) is 5.56 Å². The Morgan fingerprint density at radius 3 is 2.62 bits per heavy atom. The predicted molar refractivity (Wildman–Crippen MR) is 122 cm³/mol. The van der Waals surface area contributed by atoms with Crippen molar-refractivity contribution in [3.63, 3.8) is 0 Å². The summed E-state index contributed by atoms with van der Waals surface area (Å²) < 4.78 is 11.7. The molecule has 172 valence electrons. The summed E-state index contributed by atoms with van der Waals surface area (Å²) in [6.45, 7) is 2.53. The number of carbonyl (C=O) groups excluding carboxylic acids is 1. The van der Waals surface area contributed by atoms with Gasteiger partial charge < -0.3 is 19.7 Å². The number of H-pyrrole nitrogens is 1. The number of piperidine rings is 1. The molecule has 5 rings (SSSR count). The Morgan fingerprint density at radius 1 is 1.12 bits per heavy atom. The average Bonchev–Trinajstić information content (AvgIpc) is 3.35. The van der Waals surface area contributed by atoms with Crippen molar-refractivity contribution >= 4 is 6.03 Å². The monoisotopic (exact) mass is 438 g/mol. The van der Waals surface area contributed by atoms with Crippen molar-refractivity contribution in [1.29, 1.82) is 0 Å². The third kappa shape index (κ3) is 4.84. The van der Waals surface area contributed by atoms with Crippen molar-refractivity contribution in [1.82, 2.24) is 20.4 Å². The van der Waals surface area contributed by atoms with Gasteiger partial charge in [0, 0.05) is 18.7 Å². The van der Waals surface area contributed by atoms with E-state index in [1.54, 1.807) is 0 Å². The summed E-state index contributed by atoms with van der Waals surface area (Å²) in [5.41, 5.74) is 2.47. The molecule has 2 N–H and O–H groups in total. The van der Waals surface area contributed by atoms with E-state index in [2.05, 4.69) is 45.8 Å². The molecule has 2 atom stereocenters. The molecule has 7 heteroatoms. The molecule has 2 aliphatic heterocycles. The first-order valence-electron chi connectivity index (χ1n) is 12.1. The number of nitrogens with zero attached hydrogens (tertiary/aromatic N) is 2. The molecule has 32 heavy (non-hydrogen) atoms. The third-order valence-corrected chi connectivity index (χ3v) is 7.36. The highest BCUT2D eigenvalue weighted by Gasteiger charge is 2.38. The zero-order valence-electron chi connectivity index (χ0n) is 18.6. The number of amides is 2. The van der Waals surface area contributed by atoms with Gasteiger partial charge in [-0.15, -0.1) is 0 Å². The second kappa shape index (κ2) is 10.0. The maximum Gasteiger partial charge on any atom is 0.318 e. The molecule has 0 unspecified atom stereocenters. The van der Waals surface area contributed by atoms with Crippen molar-refractivity contribution in [2.75, 3.05) is 26.4 Å². The van der Waals surface area contributed by atoms with Gasteiger partial charge in [0.05, 0.1) is 43.7 Å². The van der Waals surface area contributed by atoms with Gasteiger partial charge in [0.25, 0.3) is 0 Å². The Bertz CT molecular complexity index is 847. The van der Waals surface area contributed by atoms with Crippen LogP contribution in [-0.4, -0.2) is 65.7 Å². The molecule has 1 aromatic carbocycles. The van der Waals surface area contributed by atoms with Crippen LogP contribution >= 0.6 is 0 Å². The minimum absolute atomic E-state index is 0.0000727. The number of benzene rings is 1. The molecule has 1 aliphatic carbocycles. The van der Waals surface area contributed by atoms with E-state index >= 15 is 0 Å². The Morgan fingerprint density at radius 2 is 1.94 bits per heavy atom. The summed E-state index contributed by atoms with van der Waals surface area (Å²) in [5.74, 6) is 0.827. The summed E-state index contributed by atoms with van der Waals surface area (Å²) in [7, 11) is 0. The highest BCUT2D eigenvalue weighted by Crippen LogP contribution is 2.36. The lowest BCUT2D eigenvalue weighted by atomic mass is 9.82. The summed E-state index contributed by atoms with van der Waals surface area (Å²) in [6, 6.07) is 13.0. The number of aromatic nitrogens is 2. The van der Waals surface area contributed by atoms with E-state index < -0.39 is 0 Å². The Kier molecular flexibility index (Phi) is 6.74. The summed E-state index contributed by atoms with van der Waals surface area (Å²) in [6.07, 6.45) is 8.60. The number of aromatic amines is 1. The second-order valence-corrected chi connectivity index (χ2v) is 9.41. The molecule has 1 aromatic heterocycles. The topological polar surface area (TPSA) is 79.5 Å². The van der Waals surface area contributed by atoms with Crippen LogP contribution < -0.4 is 5.32 Å². The zero-order chi connectivity index (χ0) is 21.8. The number of nitrogens with one attached hydrogen (secondary N) is 2. The molecule has 2 aromatic rings. The van der Waals surface area contributed by atoms with E-state index in [-0.39, 0.29) is 30.1 Å². The maximum absolute atomic E-state index is 13.1. The Labute approximate surface area is 189 Å². The fraction of sp³-hybridized carbons (Fsp3) is 0.600. The lowest BCUT2D eigenvalue weighted by Gasteiger charge is -2.42. The largest absolute Gasteiger partial charge is 0.377 e. The van der Waals surface area contributed by atoms with Gasteiger partial charge in [-0.2, -0.15) is 5.10 Å². The van der Waals surface area contributed by atoms with Crippen LogP contribution in [0.15, 0.2) is 42.6 Å². The van der Waals surface area contributed by atoms with Crippen LogP contribution in [0.1, 0.15) is 61.6 Å². The molecule has 0 radical (unpaired) electrons. The van der Waals surface area contributed by atoms with Crippen molar-refractivity contribution in [2.24, 2.45) is 0 Å². The van der Waals surface area contributed by atoms with Gasteiger partial charge in [-0.25, -0.2) is 4.79 Å². The molecule has 3 aliphatic rings. The minimum Gasteiger partial charge on any atom is -0.377 e. The summed E-state index contributed by atoms with van der Waals surface area (Å²) in [4.78, 5) is 15.0. The molecule has 2 saturated heterocycles. The van der Waals surface area contributed by atoms with Crippen LogP contribution in [0.4, 0.5) is 4.79 Å². The van der Waals surface area contributed by atoms with Gasteiger partial charge in [0.1, 0.15) is 0 Å². The molecule has 3 fully saturated rings. The van der Waals surface area contributed by atoms with Crippen molar-refractivity contribution in [3.05, 3.63) is 53.9 Å². The highest BCUT2D eigenvalue weighted by atomic mass is 16.5. The molecule has 0 bridgehead atoms. The number of rotatable bonds is 6. The highest BCUT2D eigenvalue weighted by molar-refractivity contribution is 5.75. The van der Waals surface area contributed by atoms with Crippen LogP contribution in [0.5, 0.6) is 0 Å². The molecule has 2 amide bonds. The smallest absolute Gasteiger partial charge is 0.318 e. The number of ether oxygens (including phenoxy) is 2. The summed E-state index contributed by atoms with van der Waals surface area (Å²) >= 11 is 0. The van der Waals surface area contributed by atoms with Crippen molar-refractivity contribution in [2.45, 2.75) is 68.5 Å². The SMILES string of the molecule is O=C(NC1COC1)N1CCC[C@H](c2cc[nH]n2)[C@@H]1CO[C@H]1CC[C@@H](c2ccccc2)CC1. The van der Waals surface area contributed by atoms with Gasteiger partial charge in [-0.3, -0.25) is 5.10 Å². The zero-order valence-corrected chi connectivity index (χ0v) is 18.6. The quantitative estimate of drug-likeness (QED) is 0.719. The minimum atomic E-state index is -0.000100. The first-order valence-corrected chi connectivity index (χ1v) is 12.1. The van der Waals surface area contributed by atoms with Crippen LogP contribution in [0.2, 0.25) is 0 Å². The standard InChI is InChI=1S/C25H34N4O3/c30-25(27-20-15-31-16-20)29-14-4-7-22(23-12-13-26-28-23)24(29)17-32-21-10-8-19(9-11-21)18-5-2-1-3-6-18/h1-3,5-6,12-13,19-22,24H,4,7-11,14-17H2,(H,26,28)(H,27,30)/t19-,21+,22-,24+/m1/s1. The summed E-state index contributed by atoms with van der Waals surface area (Å²) in [5, 5.41) is 10.5. The van der Waals surface area contributed by atoms with Gasteiger partial charge in [-0.1, -0.05) is 30.3 Å². The Balaban J connectivity index is 1.21. The lowest BCUT2D eigenvalue weighted by molar-refractivity contribution is -0.0236. The maximum atomic E-state index is 13.1. The van der Waals surface area contributed by atoms with E-state index in [0.717, 1.165) is 50.8 Å².